The maximum Gasteiger partial charge on any atom is 0.127 e. The topological polar surface area (TPSA) is 29.5 Å². The van der Waals surface area contributed by atoms with Gasteiger partial charge in [0.05, 0.1) is 0 Å². The van der Waals surface area contributed by atoms with Crippen molar-refractivity contribution in [2.45, 2.75) is 45.4 Å². The normalized spacial score (nSPS) is 12.6. The highest BCUT2D eigenvalue weighted by Gasteiger charge is 2.23. The van der Waals surface area contributed by atoms with Crippen LogP contribution < -0.4 is 20.7 Å². The second-order valence-electron chi connectivity index (χ2n) is 11.8. The van der Waals surface area contributed by atoms with Crippen LogP contribution in [0.25, 0.3) is 0 Å². The van der Waals surface area contributed by atoms with Gasteiger partial charge in [-0.1, -0.05) is 126 Å². The third kappa shape index (κ3) is 6.14. The van der Waals surface area contributed by atoms with Crippen LogP contribution in [0, 0.1) is 0 Å². The molecule has 5 rings (SSSR count). The second kappa shape index (κ2) is 11.3. The lowest BCUT2D eigenvalue weighted by molar-refractivity contribution is 0.474. The van der Waals surface area contributed by atoms with Crippen LogP contribution in [0.15, 0.2) is 127 Å². The minimum absolute atomic E-state index is 0.131. The number of ether oxygens (including phenoxy) is 1. The fraction of sp³-hybridized carbons (Fsp3) is 0.189. The molecule has 0 bridgehead atoms. The summed E-state index contributed by atoms with van der Waals surface area (Å²) in [6, 6.07) is 44.2. The summed E-state index contributed by atoms with van der Waals surface area (Å²) in [6.07, 6.45) is 0. The van der Waals surface area contributed by atoms with Crippen molar-refractivity contribution < 1.29 is 9.84 Å². The fourth-order valence-electron chi connectivity index (χ4n) is 4.92. The molecule has 0 radical (unpaired) electrons. The number of phenolic OH excluding ortho intramolecular Hbond substituents is 1. The van der Waals surface area contributed by atoms with Gasteiger partial charge >= 0.3 is 0 Å². The molecular formula is C37H37O2P. The minimum atomic E-state index is -0.679. The first-order valence-corrected chi connectivity index (χ1v) is 15.1. The van der Waals surface area contributed by atoms with Gasteiger partial charge < -0.3 is 9.84 Å². The fourth-order valence-corrected chi connectivity index (χ4v) is 7.18. The molecule has 0 aliphatic carbocycles. The summed E-state index contributed by atoms with van der Waals surface area (Å²) in [6.45, 7) is 11.1. The van der Waals surface area contributed by atoms with E-state index < -0.39 is 7.92 Å². The Balaban J connectivity index is 1.36. The van der Waals surface area contributed by atoms with Crippen molar-refractivity contribution >= 4 is 23.8 Å². The molecule has 0 aromatic heterocycles. The van der Waals surface area contributed by atoms with Gasteiger partial charge in [-0.05, 0) is 82.3 Å². The summed E-state index contributed by atoms with van der Waals surface area (Å²) in [5.74, 6) is 1.91. The molecule has 202 valence electrons. The third-order valence-corrected chi connectivity index (χ3v) is 9.95. The van der Waals surface area contributed by atoms with Crippen LogP contribution in [0.1, 0.15) is 51.3 Å². The molecule has 1 N–H and O–H groups in total. The first kappa shape index (κ1) is 27.7. The summed E-state index contributed by atoms with van der Waals surface area (Å²) < 4.78 is 6.24. The van der Waals surface area contributed by atoms with Crippen LogP contribution in [0.4, 0.5) is 0 Å². The molecule has 1 unspecified atom stereocenters. The molecule has 0 heterocycles. The Morgan fingerprint density at radius 3 is 1.38 bits per heavy atom. The third-order valence-electron chi connectivity index (χ3n) is 7.50. The van der Waals surface area contributed by atoms with Gasteiger partial charge in [0.25, 0.3) is 0 Å². The Morgan fingerprint density at radius 1 is 0.475 bits per heavy atom. The van der Waals surface area contributed by atoms with Gasteiger partial charge in [0.2, 0.25) is 0 Å². The van der Waals surface area contributed by atoms with E-state index in [-0.39, 0.29) is 16.6 Å². The number of hydrogen-bond donors (Lipinski definition) is 1. The summed E-state index contributed by atoms with van der Waals surface area (Å²) in [4.78, 5) is 0. The number of rotatable bonds is 7. The largest absolute Gasteiger partial charge is 0.508 e. The Bertz CT molecular complexity index is 1530. The molecule has 0 saturated carbocycles. The molecular weight excluding hydrogens is 507 g/mol. The van der Waals surface area contributed by atoms with E-state index in [4.69, 9.17) is 4.74 Å². The molecule has 0 aliphatic rings. The highest BCUT2D eigenvalue weighted by molar-refractivity contribution is 7.79. The van der Waals surface area contributed by atoms with Crippen molar-refractivity contribution in [1.82, 2.24) is 0 Å². The minimum Gasteiger partial charge on any atom is -0.508 e. The van der Waals surface area contributed by atoms with Crippen LogP contribution in [0.5, 0.6) is 17.2 Å². The van der Waals surface area contributed by atoms with Gasteiger partial charge in [0, 0.05) is 5.41 Å². The van der Waals surface area contributed by atoms with E-state index in [2.05, 4.69) is 126 Å². The zero-order valence-electron chi connectivity index (χ0n) is 23.9. The summed E-state index contributed by atoms with van der Waals surface area (Å²) in [7, 11) is -0.679. The van der Waals surface area contributed by atoms with Gasteiger partial charge in [0.1, 0.15) is 17.2 Å². The summed E-state index contributed by atoms with van der Waals surface area (Å²) in [5, 5.41) is 13.6. The van der Waals surface area contributed by atoms with Crippen LogP contribution in [0.2, 0.25) is 0 Å². The molecule has 0 amide bonds. The van der Waals surface area contributed by atoms with Crippen molar-refractivity contribution in [2.75, 3.05) is 0 Å². The highest BCUT2D eigenvalue weighted by atomic mass is 31.1. The van der Waals surface area contributed by atoms with Crippen LogP contribution in [-0.4, -0.2) is 5.11 Å². The highest BCUT2D eigenvalue weighted by Crippen LogP contribution is 2.36. The van der Waals surface area contributed by atoms with Crippen molar-refractivity contribution in [3.8, 4) is 17.2 Å². The SMILES string of the molecule is CC(C)(C)c1ccc(P(c2ccccc2)c2ccc(Oc3ccc(C(C)(C)c4ccc(O)cc4)cc3)cc2)cc1. The molecule has 3 heteroatoms. The Morgan fingerprint density at radius 2 is 0.875 bits per heavy atom. The molecule has 0 saturated heterocycles. The standard InChI is InChI=1S/C37H37O2P/c1-36(2,3)27-15-23-34(24-16-27)40(33-9-7-6-8-10-33)35-25-21-32(22-26-35)39-31-19-13-29(14-20-31)37(4,5)28-11-17-30(38)18-12-28/h6-26,38H,1-5H3. The first-order valence-electron chi connectivity index (χ1n) is 13.7. The molecule has 5 aromatic rings. The monoisotopic (exact) mass is 544 g/mol. The Labute approximate surface area is 240 Å². The van der Waals surface area contributed by atoms with Crippen LogP contribution >= 0.6 is 7.92 Å². The molecule has 0 aliphatic heterocycles. The molecule has 40 heavy (non-hydrogen) atoms. The van der Waals surface area contributed by atoms with Crippen molar-refractivity contribution in [1.29, 1.82) is 0 Å². The number of phenols is 1. The van der Waals surface area contributed by atoms with E-state index in [1.165, 1.54) is 27.0 Å². The first-order chi connectivity index (χ1) is 19.1. The lowest BCUT2D eigenvalue weighted by atomic mass is 9.78. The predicted octanol–water partition coefficient (Wildman–Crippen LogP) is 8.57. The van der Waals surface area contributed by atoms with Gasteiger partial charge in [-0.15, -0.1) is 0 Å². The van der Waals surface area contributed by atoms with E-state index in [1.807, 2.05) is 24.3 Å². The van der Waals surface area contributed by atoms with Crippen LogP contribution in [-0.2, 0) is 10.8 Å². The van der Waals surface area contributed by atoms with Crippen LogP contribution in [0.3, 0.4) is 0 Å². The predicted molar refractivity (Wildman–Crippen MR) is 171 cm³/mol. The zero-order valence-corrected chi connectivity index (χ0v) is 24.8. The van der Waals surface area contributed by atoms with E-state index in [9.17, 15) is 5.11 Å². The number of benzene rings is 5. The van der Waals surface area contributed by atoms with E-state index in [0.29, 0.717) is 0 Å². The molecule has 0 spiro atoms. The van der Waals surface area contributed by atoms with Crippen molar-refractivity contribution in [3.05, 3.63) is 144 Å². The molecule has 0 fully saturated rings. The second-order valence-corrected chi connectivity index (χ2v) is 14.0. The Kier molecular flexibility index (Phi) is 7.83. The maximum atomic E-state index is 9.65. The van der Waals surface area contributed by atoms with E-state index in [0.717, 1.165) is 17.1 Å². The number of aromatic hydroxyl groups is 1. The van der Waals surface area contributed by atoms with E-state index >= 15 is 0 Å². The smallest absolute Gasteiger partial charge is 0.127 e. The number of hydrogen-bond acceptors (Lipinski definition) is 2. The van der Waals surface area contributed by atoms with Gasteiger partial charge in [0.15, 0.2) is 0 Å². The molecule has 2 nitrogen and oxygen atoms in total. The molecule has 1 atom stereocenters. The van der Waals surface area contributed by atoms with Crippen molar-refractivity contribution in [3.63, 3.8) is 0 Å². The van der Waals surface area contributed by atoms with Gasteiger partial charge in [-0.3, -0.25) is 0 Å². The summed E-state index contributed by atoms with van der Waals surface area (Å²) >= 11 is 0. The summed E-state index contributed by atoms with van der Waals surface area (Å²) in [5.41, 5.74) is 3.63. The van der Waals surface area contributed by atoms with Gasteiger partial charge in [-0.2, -0.15) is 0 Å². The van der Waals surface area contributed by atoms with E-state index in [1.54, 1.807) is 12.1 Å². The average Bonchev–Trinajstić information content (AvgIpc) is 2.95. The lowest BCUT2D eigenvalue weighted by Gasteiger charge is -2.26. The quantitative estimate of drug-likeness (QED) is 0.208. The Hall–Kier alpha value is -3.87. The molecule has 5 aromatic carbocycles. The van der Waals surface area contributed by atoms with Gasteiger partial charge in [-0.25, -0.2) is 0 Å². The zero-order chi connectivity index (χ0) is 28.3. The maximum absolute atomic E-state index is 9.65. The van der Waals surface area contributed by atoms with Crippen molar-refractivity contribution in [2.24, 2.45) is 0 Å². The average molecular weight is 545 g/mol. The lowest BCUT2D eigenvalue weighted by Crippen LogP contribution is -2.21.